The molecule has 7 nitrogen and oxygen atoms in total. The van der Waals surface area contributed by atoms with Crippen molar-refractivity contribution in [3.05, 3.63) is 101 Å². The van der Waals surface area contributed by atoms with Crippen molar-refractivity contribution < 1.29 is 24.3 Å². The zero-order valence-corrected chi connectivity index (χ0v) is 23.9. The fraction of sp³-hybridized carbons (Fsp3) is 0.294. The molecule has 3 aromatic rings. The van der Waals surface area contributed by atoms with Crippen molar-refractivity contribution in [3.8, 4) is 5.75 Å². The highest BCUT2D eigenvalue weighted by Crippen LogP contribution is 2.64. The average molecular weight is 581 g/mol. The van der Waals surface area contributed by atoms with Crippen LogP contribution in [0.2, 0.25) is 5.02 Å². The van der Waals surface area contributed by atoms with E-state index in [4.69, 9.17) is 11.6 Å². The summed E-state index contributed by atoms with van der Waals surface area (Å²) < 4.78 is 0. The number of aryl methyl sites for hydroxylation is 1. The van der Waals surface area contributed by atoms with E-state index in [1.807, 2.05) is 26.0 Å². The molecule has 1 saturated carbocycles. The van der Waals surface area contributed by atoms with Crippen LogP contribution in [0.1, 0.15) is 36.8 Å². The predicted molar refractivity (Wildman–Crippen MR) is 158 cm³/mol. The molecular weight excluding hydrogens is 552 g/mol. The molecular formula is C34H29ClN2O5. The van der Waals surface area contributed by atoms with Gasteiger partial charge in [0.25, 0.3) is 0 Å². The lowest BCUT2D eigenvalue weighted by Gasteiger charge is -2.49. The van der Waals surface area contributed by atoms with Gasteiger partial charge in [-0.1, -0.05) is 65.7 Å². The molecule has 2 saturated heterocycles. The van der Waals surface area contributed by atoms with Crippen LogP contribution in [-0.2, 0) is 19.2 Å². The van der Waals surface area contributed by atoms with Crippen molar-refractivity contribution in [1.82, 2.24) is 0 Å². The number of rotatable bonds is 3. The first-order chi connectivity index (χ1) is 20.1. The average Bonchev–Trinajstić information content (AvgIpc) is 3.35. The lowest BCUT2D eigenvalue weighted by molar-refractivity contribution is -0.131. The molecule has 3 aromatic carbocycles. The van der Waals surface area contributed by atoms with E-state index in [9.17, 15) is 24.3 Å². The SMILES string of the molecule is Cc1ccc(N2C(=O)C3CC=C4C(CC5C(=O)N(c6ccccc6)C(=O)C5(C)C4c4ccccc4O)C3C2=O)cc1Cl. The van der Waals surface area contributed by atoms with Crippen molar-refractivity contribution in [2.24, 2.45) is 29.1 Å². The van der Waals surface area contributed by atoms with Crippen LogP contribution in [0.4, 0.5) is 11.4 Å². The first kappa shape index (κ1) is 26.7. The first-order valence-electron chi connectivity index (χ1n) is 14.2. The third-order valence-corrected chi connectivity index (χ3v) is 10.4. The van der Waals surface area contributed by atoms with E-state index in [1.54, 1.807) is 66.7 Å². The Labute approximate surface area is 248 Å². The molecule has 4 amide bonds. The maximum absolute atomic E-state index is 14.3. The number of fused-ring (bicyclic) bond motifs is 4. The number of allylic oxidation sites excluding steroid dienone is 2. The van der Waals surface area contributed by atoms with Crippen LogP contribution in [0.5, 0.6) is 5.75 Å². The molecule has 2 aliphatic carbocycles. The second kappa shape index (κ2) is 9.39. The minimum absolute atomic E-state index is 0.0225. The van der Waals surface area contributed by atoms with E-state index in [2.05, 4.69) is 0 Å². The number of imide groups is 2. The molecule has 8 heteroatoms. The van der Waals surface area contributed by atoms with Gasteiger partial charge in [-0.05, 0) is 68.5 Å². The van der Waals surface area contributed by atoms with Crippen molar-refractivity contribution in [1.29, 1.82) is 0 Å². The third-order valence-electron chi connectivity index (χ3n) is 9.95. The van der Waals surface area contributed by atoms with Crippen molar-refractivity contribution in [3.63, 3.8) is 0 Å². The first-order valence-corrected chi connectivity index (χ1v) is 14.6. The summed E-state index contributed by atoms with van der Waals surface area (Å²) in [5.74, 6) is -4.37. The standard InChI is InChI=1S/C34H29ClN2O5/c1-18-12-13-20(16-26(18)35)36-30(39)23-15-14-21-24(28(23)32(36)41)17-25-31(40)37(19-8-4-3-5-9-19)33(42)34(25,2)29(21)22-10-6-7-11-27(22)38/h3-14,16,23-25,28-29,38H,15,17H2,1-2H3. The van der Waals surface area contributed by atoms with E-state index >= 15 is 0 Å². The largest absolute Gasteiger partial charge is 0.508 e. The Balaban J connectivity index is 1.37. The van der Waals surface area contributed by atoms with Crippen LogP contribution in [-0.4, -0.2) is 28.7 Å². The van der Waals surface area contributed by atoms with Gasteiger partial charge in [0, 0.05) is 16.5 Å². The van der Waals surface area contributed by atoms with Gasteiger partial charge in [0.1, 0.15) is 5.75 Å². The minimum Gasteiger partial charge on any atom is -0.508 e. The highest BCUT2D eigenvalue weighted by molar-refractivity contribution is 6.32. The number of phenolic OH excluding ortho intramolecular Hbond substituents is 1. The van der Waals surface area contributed by atoms with Gasteiger partial charge in [0.05, 0.1) is 34.5 Å². The van der Waals surface area contributed by atoms with Crippen molar-refractivity contribution >= 4 is 46.6 Å². The molecule has 7 rings (SSSR count). The fourth-order valence-corrected chi connectivity index (χ4v) is 8.06. The summed E-state index contributed by atoms with van der Waals surface area (Å²) in [6.45, 7) is 3.66. The lowest BCUT2D eigenvalue weighted by atomic mass is 9.51. The summed E-state index contributed by atoms with van der Waals surface area (Å²) >= 11 is 6.37. The number of hydrogen-bond donors (Lipinski definition) is 1. The molecule has 4 aliphatic rings. The molecule has 42 heavy (non-hydrogen) atoms. The molecule has 212 valence electrons. The number of amides is 4. The smallest absolute Gasteiger partial charge is 0.241 e. The number of phenols is 1. The topological polar surface area (TPSA) is 95.0 Å². The van der Waals surface area contributed by atoms with Crippen LogP contribution >= 0.6 is 11.6 Å². The number of nitrogens with zero attached hydrogens (tertiary/aromatic N) is 2. The zero-order valence-electron chi connectivity index (χ0n) is 23.2. The highest BCUT2D eigenvalue weighted by Gasteiger charge is 2.68. The molecule has 0 spiro atoms. The number of halogens is 1. The van der Waals surface area contributed by atoms with Crippen molar-refractivity contribution in [2.45, 2.75) is 32.6 Å². The molecule has 6 unspecified atom stereocenters. The summed E-state index contributed by atoms with van der Waals surface area (Å²) in [4.78, 5) is 58.8. The number of anilines is 2. The maximum atomic E-state index is 14.3. The van der Waals surface area contributed by atoms with Gasteiger partial charge in [0.2, 0.25) is 23.6 Å². The summed E-state index contributed by atoms with van der Waals surface area (Å²) in [7, 11) is 0. The molecule has 2 aliphatic heterocycles. The van der Waals surface area contributed by atoms with Crippen LogP contribution < -0.4 is 9.80 Å². The quantitative estimate of drug-likeness (QED) is 0.313. The molecule has 3 fully saturated rings. The van der Waals surface area contributed by atoms with Gasteiger partial charge in [-0.25, -0.2) is 9.80 Å². The molecule has 0 aromatic heterocycles. The number of aromatic hydroxyl groups is 1. The van der Waals surface area contributed by atoms with E-state index in [0.29, 0.717) is 28.4 Å². The van der Waals surface area contributed by atoms with Crippen molar-refractivity contribution in [2.75, 3.05) is 9.80 Å². The Hall–Kier alpha value is -4.23. The fourth-order valence-electron chi connectivity index (χ4n) is 7.89. The Bertz CT molecular complexity index is 1720. The summed E-state index contributed by atoms with van der Waals surface area (Å²) in [6, 6.07) is 20.9. The van der Waals surface area contributed by atoms with E-state index in [-0.39, 0.29) is 35.8 Å². The van der Waals surface area contributed by atoms with E-state index < -0.39 is 35.0 Å². The van der Waals surface area contributed by atoms with E-state index in [1.165, 1.54) is 9.80 Å². The van der Waals surface area contributed by atoms with Crippen LogP contribution in [0.15, 0.2) is 84.4 Å². The molecule has 2 heterocycles. The molecule has 0 bridgehead atoms. The Morgan fingerprint density at radius 3 is 2.26 bits per heavy atom. The zero-order chi connectivity index (χ0) is 29.5. The summed E-state index contributed by atoms with van der Waals surface area (Å²) in [5.41, 5.74) is 1.93. The predicted octanol–water partition coefficient (Wildman–Crippen LogP) is 5.79. The number of hydrogen-bond acceptors (Lipinski definition) is 5. The summed E-state index contributed by atoms with van der Waals surface area (Å²) in [6.07, 6.45) is 2.56. The number of benzene rings is 3. The molecule has 1 N–H and O–H groups in total. The van der Waals surface area contributed by atoms with Crippen LogP contribution in [0.25, 0.3) is 0 Å². The molecule has 6 atom stereocenters. The van der Waals surface area contributed by atoms with Gasteiger partial charge in [-0.2, -0.15) is 0 Å². The van der Waals surface area contributed by atoms with E-state index in [0.717, 1.165) is 11.1 Å². The van der Waals surface area contributed by atoms with Gasteiger partial charge in [0.15, 0.2) is 0 Å². The normalized spacial score (nSPS) is 30.3. The van der Waals surface area contributed by atoms with Crippen LogP contribution in [0.3, 0.4) is 0 Å². The highest BCUT2D eigenvalue weighted by atomic mass is 35.5. The minimum atomic E-state index is -1.20. The Morgan fingerprint density at radius 2 is 1.55 bits per heavy atom. The monoisotopic (exact) mass is 580 g/mol. The second-order valence-electron chi connectivity index (χ2n) is 12.0. The van der Waals surface area contributed by atoms with Gasteiger partial charge in [-0.3, -0.25) is 19.2 Å². The number of para-hydroxylation sites is 2. The third kappa shape index (κ3) is 3.52. The lowest BCUT2D eigenvalue weighted by Crippen LogP contribution is -2.48. The van der Waals surface area contributed by atoms with Gasteiger partial charge in [-0.15, -0.1) is 0 Å². The summed E-state index contributed by atoms with van der Waals surface area (Å²) in [5, 5.41) is 11.5. The molecule has 0 radical (unpaired) electrons. The van der Waals surface area contributed by atoms with Gasteiger partial charge >= 0.3 is 0 Å². The number of carbonyl (C=O) groups excluding carboxylic acids is 4. The number of carbonyl (C=O) groups is 4. The Kier molecular flexibility index (Phi) is 5.96. The van der Waals surface area contributed by atoms with Gasteiger partial charge < -0.3 is 5.11 Å². The van der Waals surface area contributed by atoms with Crippen LogP contribution in [0, 0.1) is 36.0 Å². The Morgan fingerprint density at radius 1 is 0.833 bits per heavy atom. The second-order valence-corrected chi connectivity index (χ2v) is 12.4. The maximum Gasteiger partial charge on any atom is 0.241 e.